The van der Waals surface area contributed by atoms with E-state index >= 15 is 0 Å². The van der Waals surface area contributed by atoms with Gasteiger partial charge in [0.05, 0.1) is 0 Å². The van der Waals surface area contributed by atoms with Gasteiger partial charge in [0, 0.05) is 23.8 Å². The van der Waals surface area contributed by atoms with Crippen molar-refractivity contribution in [2.45, 2.75) is 18.9 Å². The van der Waals surface area contributed by atoms with E-state index in [1.807, 2.05) is 0 Å². The van der Waals surface area contributed by atoms with Crippen LogP contribution in [0.4, 0.5) is 0 Å². The molecule has 0 radical (unpaired) electrons. The SMILES string of the molecule is O=C(O)CCC(C(=O)O)N(Cl)C(=O)c1ccccc1. The average molecular weight is 286 g/mol. The number of amides is 1. The Morgan fingerprint density at radius 3 is 2.21 bits per heavy atom. The van der Waals surface area contributed by atoms with Gasteiger partial charge in [0.15, 0.2) is 0 Å². The molecule has 0 bridgehead atoms. The minimum atomic E-state index is -1.38. The third-order valence-electron chi connectivity index (χ3n) is 2.41. The lowest BCUT2D eigenvalue weighted by Crippen LogP contribution is -2.39. The molecule has 0 saturated heterocycles. The number of benzene rings is 1. The van der Waals surface area contributed by atoms with Crippen LogP contribution >= 0.6 is 11.8 Å². The first-order valence-electron chi connectivity index (χ1n) is 5.42. The number of halogens is 1. The number of hydrogen-bond acceptors (Lipinski definition) is 3. The molecule has 6 nitrogen and oxygen atoms in total. The Morgan fingerprint density at radius 2 is 1.74 bits per heavy atom. The number of carbonyl (C=O) groups is 3. The predicted molar refractivity (Wildman–Crippen MR) is 66.8 cm³/mol. The second-order valence-corrected chi connectivity index (χ2v) is 4.13. The first-order valence-corrected chi connectivity index (χ1v) is 5.76. The summed E-state index contributed by atoms with van der Waals surface area (Å²) in [6.45, 7) is 0. The molecule has 1 unspecified atom stereocenters. The highest BCUT2D eigenvalue weighted by molar-refractivity contribution is 6.25. The standard InChI is InChI=1S/C12H12ClNO5/c13-14(9(12(18)19)6-7-10(15)16)11(17)8-4-2-1-3-5-8/h1-5,9H,6-7H2,(H,15,16)(H,18,19). The van der Waals surface area contributed by atoms with Crippen LogP contribution < -0.4 is 0 Å². The van der Waals surface area contributed by atoms with Crippen molar-refractivity contribution in [1.82, 2.24) is 4.42 Å². The van der Waals surface area contributed by atoms with E-state index in [2.05, 4.69) is 0 Å². The summed E-state index contributed by atoms with van der Waals surface area (Å²) in [6.07, 6.45) is -0.644. The second-order valence-electron chi connectivity index (χ2n) is 3.77. The van der Waals surface area contributed by atoms with Crippen LogP contribution in [-0.2, 0) is 9.59 Å². The molecule has 2 N–H and O–H groups in total. The molecule has 19 heavy (non-hydrogen) atoms. The van der Waals surface area contributed by atoms with E-state index in [9.17, 15) is 14.4 Å². The summed E-state index contributed by atoms with van der Waals surface area (Å²) in [5, 5.41) is 17.5. The fourth-order valence-corrected chi connectivity index (χ4v) is 1.72. The van der Waals surface area contributed by atoms with Crippen LogP contribution in [0, 0.1) is 0 Å². The first-order chi connectivity index (χ1) is 8.93. The molecule has 7 heteroatoms. The molecule has 0 fully saturated rings. The third-order valence-corrected chi connectivity index (χ3v) is 2.79. The lowest BCUT2D eigenvalue weighted by molar-refractivity contribution is -0.142. The van der Waals surface area contributed by atoms with Gasteiger partial charge in [-0.25, -0.2) is 9.21 Å². The van der Waals surface area contributed by atoms with Gasteiger partial charge in [-0.15, -0.1) is 0 Å². The number of hydrogen-bond donors (Lipinski definition) is 2. The minimum absolute atomic E-state index is 0.235. The van der Waals surface area contributed by atoms with Crippen molar-refractivity contribution in [3.63, 3.8) is 0 Å². The molecule has 0 spiro atoms. The average Bonchev–Trinajstić information content (AvgIpc) is 2.38. The zero-order chi connectivity index (χ0) is 14.4. The predicted octanol–water partition coefficient (Wildman–Crippen LogP) is 1.60. The van der Waals surface area contributed by atoms with Crippen LogP contribution in [0.25, 0.3) is 0 Å². The van der Waals surface area contributed by atoms with Crippen LogP contribution in [0.2, 0.25) is 0 Å². The summed E-state index contributed by atoms with van der Waals surface area (Å²) in [7, 11) is 0. The van der Waals surface area contributed by atoms with Crippen LogP contribution in [0.5, 0.6) is 0 Å². The Balaban J connectivity index is 2.82. The topological polar surface area (TPSA) is 94.9 Å². The van der Waals surface area contributed by atoms with Crippen molar-refractivity contribution in [2.24, 2.45) is 0 Å². The summed E-state index contributed by atoms with van der Waals surface area (Å²) in [5.41, 5.74) is 0.235. The second kappa shape index (κ2) is 6.75. The largest absolute Gasteiger partial charge is 0.481 e. The van der Waals surface area contributed by atoms with Crippen LogP contribution in [0.1, 0.15) is 23.2 Å². The number of rotatable bonds is 6. The van der Waals surface area contributed by atoms with E-state index in [0.717, 1.165) is 0 Å². The van der Waals surface area contributed by atoms with Gasteiger partial charge >= 0.3 is 11.9 Å². The molecular weight excluding hydrogens is 274 g/mol. The van der Waals surface area contributed by atoms with Crippen molar-refractivity contribution < 1.29 is 24.6 Å². The van der Waals surface area contributed by atoms with Crippen molar-refractivity contribution in [2.75, 3.05) is 0 Å². The zero-order valence-corrected chi connectivity index (χ0v) is 10.6. The maximum Gasteiger partial charge on any atom is 0.327 e. The number of aliphatic carboxylic acids is 2. The monoisotopic (exact) mass is 285 g/mol. The van der Waals surface area contributed by atoms with E-state index in [1.165, 1.54) is 12.1 Å². The van der Waals surface area contributed by atoms with Gasteiger partial charge in [0.2, 0.25) is 0 Å². The van der Waals surface area contributed by atoms with Gasteiger partial charge in [0.1, 0.15) is 6.04 Å². The van der Waals surface area contributed by atoms with Crippen LogP contribution in [-0.4, -0.2) is 38.5 Å². The molecule has 0 aliphatic rings. The van der Waals surface area contributed by atoms with E-state index in [-0.39, 0.29) is 18.4 Å². The van der Waals surface area contributed by atoms with Gasteiger partial charge < -0.3 is 10.2 Å². The minimum Gasteiger partial charge on any atom is -0.481 e. The Morgan fingerprint density at radius 1 is 1.16 bits per heavy atom. The summed E-state index contributed by atoms with van der Waals surface area (Å²) < 4.78 is 0.528. The van der Waals surface area contributed by atoms with E-state index in [1.54, 1.807) is 18.2 Å². The van der Waals surface area contributed by atoms with Crippen LogP contribution in [0.15, 0.2) is 30.3 Å². The molecule has 1 amide bonds. The summed E-state index contributed by atoms with van der Waals surface area (Å²) >= 11 is 5.72. The molecular formula is C12H12ClNO5. The normalized spacial score (nSPS) is 11.6. The van der Waals surface area contributed by atoms with E-state index in [0.29, 0.717) is 4.42 Å². The van der Waals surface area contributed by atoms with Crippen LogP contribution in [0.3, 0.4) is 0 Å². The number of nitrogens with zero attached hydrogens (tertiary/aromatic N) is 1. The van der Waals surface area contributed by atoms with Crippen molar-refractivity contribution in [3.8, 4) is 0 Å². The molecule has 1 aromatic rings. The Bertz CT molecular complexity index is 476. The Hall–Kier alpha value is -2.08. The smallest absolute Gasteiger partial charge is 0.327 e. The first kappa shape index (κ1) is 15.0. The number of carbonyl (C=O) groups excluding carboxylic acids is 1. The molecule has 1 aromatic carbocycles. The Kier molecular flexibility index (Phi) is 5.32. The van der Waals surface area contributed by atoms with Gasteiger partial charge in [-0.05, 0) is 18.6 Å². The molecule has 0 aliphatic carbocycles. The molecule has 0 heterocycles. The van der Waals surface area contributed by atoms with Gasteiger partial charge in [-0.1, -0.05) is 18.2 Å². The van der Waals surface area contributed by atoms with E-state index in [4.69, 9.17) is 22.0 Å². The molecule has 1 rings (SSSR count). The highest BCUT2D eigenvalue weighted by atomic mass is 35.5. The van der Waals surface area contributed by atoms with E-state index < -0.39 is 23.9 Å². The fourth-order valence-electron chi connectivity index (χ4n) is 1.44. The highest BCUT2D eigenvalue weighted by Crippen LogP contribution is 2.15. The quantitative estimate of drug-likeness (QED) is 0.774. The molecule has 0 aromatic heterocycles. The lowest BCUT2D eigenvalue weighted by atomic mass is 10.1. The van der Waals surface area contributed by atoms with Gasteiger partial charge in [0.25, 0.3) is 5.91 Å². The maximum absolute atomic E-state index is 11.9. The maximum atomic E-state index is 11.9. The van der Waals surface area contributed by atoms with Crippen molar-refractivity contribution in [3.05, 3.63) is 35.9 Å². The lowest BCUT2D eigenvalue weighted by Gasteiger charge is -2.21. The molecule has 1 atom stereocenters. The van der Waals surface area contributed by atoms with Gasteiger partial charge in [-0.3, -0.25) is 9.59 Å². The Labute approximate surface area is 114 Å². The van der Waals surface area contributed by atoms with Gasteiger partial charge in [-0.2, -0.15) is 0 Å². The van der Waals surface area contributed by atoms with Crippen molar-refractivity contribution in [1.29, 1.82) is 0 Å². The number of carboxylic acid groups (broad SMARTS) is 2. The fraction of sp³-hybridized carbons (Fsp3) is 0.250. The summed E-state index contributed by atoms with van der Waals surface area (Å²) in [6, 6.07) is 6.54. The third kappa shape index (κ3) is 4.26. The molecule has 0 aliphatic heterocycles. The molecule has 102 valence electrons. The van der Waals surface area contributed by atoms with Crippen molar-refractivity contribution >= 4 is 29.6 Å². The summed E-state index contributed by atoms with van der Waals surface area (Å²) in [4.78, 5) is 33.4. The highest BCUT2D eigenvalue weighted by Gasteiger charge is 2.29. The number of carboxylic acids is 2. The summed E-state index contributed by atoms with van der Waals surface area (Å²) in [5.74, 6) is -3.18. The zero-order valence-electron chi connectivity index (χ0n) is 9.82. The molecule has 0 saturated carbocycles.